The number of likely N-dealkylation sites (N-methyl/N-ethyl adjacent to an activating group) is 1. The van der Waals surface area contributed by atoms with Gasteiger partial charge >= 0.3 is 6.03 Å². The number of carbonyl (C=O) groups is 1. The number of methoxy groups -OCH3 is 1. The maximum Gasteiger partial charge on any atom is 0.329 e. The molecule has 8 nitrogen and oxygen atoms in total. The molecule has 0 aromatic carbocycles. The zero-order valence-corrected chi connectivity index (χ0v) is 10.3. The number of amides is 2. The summed E-state index contributed by atoms with van der Waals surface area (Å²) >= 11 is 0. The Labute approximate surface area is 103 Å². The molecule has 1 aliphatic heterocycles. The summed E-state index contributed by atoms with van der Waals surface area (Å²) < 4.78 is 10.1. The van der Waals surface area contributed by atoms with Gasteiger partial charge in [-0.2, -0.15) is 0 Å². The molecule has 1 aromatic rings. The number of aromatic nitrogens is 1. The van der Waals surface area contributed by atoms with Crippen molar-refractivity contribution < 1.29 is 24.3 Å². The number of anilines is 1. The van der Waals surface area contributed by atoms with Gasteiger partial charge < -0.3 is 19.5 Å². The van der Waals surface area contributed by atoms with E-state index in [1.165, 1.54) is 20.2 Å². The van der Waals surface area contributed by atoms with Crippen molar-refractivity contribution in [1.29, 1.82) is 0 Å². The molecule has 1 aliphatic rings. The Balaban J connectivity index is 2.27. The van der Waals surface area contributed by atoms with Gasteiger partial charge in [-0.1, -0.05) is 5.16 Å². The van der Waals surface area contributed by atoms with Crippen LogP contribution in [0.25, 0.3) is 0 Å². The van der Waals surface area contributed by atoms with Gasteiger partial charge in [-0.15, -0.1) is 0 Å². The van der Waals surface area contributed by atoms with Crippen molar-refractivity contribution in [3.8, 4) is 0 Å². The molecule has 1 fully saturated rings. The Kier molecular flexibility index (Phi) is 3.24. The first-order chi connectivity index (χ1) is 8.47. The van der Waals surface area contributed by atoms with Gasteiger partial charge in [0.1, 0.15) is 6.10 Å². The Morgan fingerprint density at radius 1 is 1.50 bits per heavy atom. The summed E-state index contributed by atoms with van der Waals surface area (Å²) in [5, 5.41) is 23.0. The molecule has 2 heterocycles. The third-order valence-electron chi connectivity index (χ3n) is 2.95. The van der Waals surface area contributed by atoms with E-state index in [2.05, 4.69) is 5.16 Å². The minimum Gasteiger partial charge on any atom is -0.374 e. The summed E-state index contributed by atoms with van der Waals surface area (Å²) in [6, 6.07) is 0.932. The summed E-state index contributed by atoms with van der Waals surface area (Å²) in [7, 11) is 2.90. The predicted octanol–water partition coefficient (Wildman–Crippen LogP) is -0.109. The lowest BCUT2D eigenvalue weighted by atomic mass is 10.3. The number of aliphatic hydroxyl groups is 2. The van der Waals surface area contributed by atoms with Crippen LogP contribution in [0.15, 0.2) is 10.6 Å². The van der Waals surface area contributed by atoms with Crippen LogP contribution < -0.4 is 4.90 Å². The van der Waals surface area contributed by atoms with E-state index in [9.17, 15) is 15.0 Å². The molecule has 1 saturated heterocycles. The summed E-state index contributed by atoms with van der Waals surface area (Å²) in [6.45, 7) is 1.76. The average molecular weight is 257 g/mol. The Bertz CT molecular complexity index is 448. The largest absolute Gasteiger partial charge is 0.374 e. The van der Waals surface area contributed by atoms with E-state index in [0.717, 1.165) is 9.80 Å². The zero-order chi connectivity index (χ0) is 13.4. The lowest BCUT2D eigenvalue weighted by molar-refractivity contribution is -0.0184. The monoisotopic (exact) mass is 257 g/mol. The minimum atomic E-state index is -1.38. The summed E-state index contributed by atoms with van der Waals surface area (Å²) in [6.07, 6.45) is -2.99. The second kappa shape index (κ2) is 4.56. The Morgan fingerprint density at radius 2 is 2.17 bits per heavy atom. The molecular weight excluding hydrogens is 242 g/mol. The number of rotatable bonds is 3. The number of nitrogens with zero attached hydrogens (tertiary/aromatic N) is 3. The topological polar surface area (TPSA) is 99.3 Å². The van der Waals surface area contributed by atoms with Crippen LogP contribution in [-0.4, -0.2) is 52.9 Å². The van der Waals surface area contributed by atoms with Gasteiger partial charge in [-0.25, -0.2) is 9.69 Å². The summed E-state index contributed by atoms with van der Waals surface area (Å²) in [5.41, 5.74) is 0. The highest BCUT2D eigenvalue weighted by molar-refractivity contribution is 5.93. The van der Waals surface area contributed by atoms with Crippen LogP contribution in [-0.2, 0) is 4.74 Å². The van der Waals surface area contributed by atoms with Crippen molar-refractivity contribution in [1.82, 2.24) is 10.1 Å². The van der Waals surface area contributed by atoms with Gasteiger partial charge in [0, 0.05) is 20.2 Å². The molecule has 18 heavy (non-hydrogen) atoms. The molecule has 100 valence electrons. The molecule has 2 rings (SSSR count). The SMILES string of the molecule is COC(C)c1cc(N2C(=O)N(C)C(O)C2O)no1. The normalized spacial score (nSPS) is 25.9. The second-order valence-electron chi connectivity index (χ2n) is 4.06. The molecule has 8 heteroatoms. The molecule has 2 N–H and O–H groups in total. The molecule has 0 spiro atoms. The zero-order valence-electron chi connectivity index (χ0n) is 10.3. The number of aliphatic hydroxyl groups excluding tert-OH is 2. The first kappa shape index (κ1) is 12.8. The van der Waals surface area contributed by atoms with Gasteiger partial charge in [0.15, 0.2) is 24.0 Å². The van der Waals surface area contributed by atoms with Crippen LogP contribution in [0, 0.1) is 0 Å². The van der Waals surface area contributed by atoms with Crippen LogP contribution in [0.3, 0.4) is 0 Å². The molecule has 3 unspecified atom stereocenters. The third-order valence-corrected chi connectivity index (χ3v) is 2.95. The quantitative estimate of drug-likeness (QED) is 0.783. The number of ether oxygens (including phenoxy) is 1. The molecule has 1 aromatic heterocycles. The van der Waals surface area contributed by atoms with Crippen molar-refractivity contribution in [2.45, 2.75) is 25.5 Å². The Hall–Kier alpha value is -1.64. The van der Waals surface area contributed by atoms with E-state index >= 15 is 0 Å². The fourth-order valence-electron chi connectivity index (χ4n) is 1.66. The maximum absolute atomic E-state index is 11.8. The number of hydrogen-bond acceptors (Lipinski definition) is 6. The fourth-order valence-corrected chi connectivity index (χ4v) is 1.66. The highest BCUT2D eigenvalue weighted by atomic mass is 16.5. The smallest absolute Gasteiger partial charge is 0.329 e. The number of carbonyl (C=O) groups excluding carboxylic acids is 1. The highest BCUT2D eigenvalue weighted by Crippen LogP contribution is 2.28. The molecule has 0 bridgehead atoms. The van der Waals surface area contributed by atoms with Crippen molar-refractivity contribution in [2.24, 2.45) is 0 Å². The molecule has 0 radical (unpaired) electrons. The highest BCUT2D eigenvalue weighted by Gasteiger charge is 2.44. The van der Waals surface area contributed by atoms with Crippen LogP contribution in [0.5, 0.6) is 0 Å². The lowest BCUT2D eigenvalue weighted by Crippen LogP contribution is -2.36. The molecular formula is C10H15N3O5. The van der Waals surface area contributed by atoms with Crippen LogP contribution in [0.4, 0.5) is 10.6 Å². The van der Waals surface area contributed by atoms with Gasteiger partial charge in [-0.3, -0.25) is 4.90 Å². The van der Waals surface area contributed by atoms with Crippen molar-refractivity contribution in [3.05, 3.63) is 11.8 Å². The summed E-state index contributed by atoms with van der Waals surface area (Å²) in [5.74, 6) is 0.561. The van der Waals surface area contributed by atoms with Gasteiger partial charge in [-0.05, 0) is 6.92 Å². The first-order valence-corrected chi connectivity index (χ1v) is 5.39. The molecule has 2 amide bonds. The van der Waals surface area contributed by atoms with E-state index < -0.39 is 18.5 Å². The molecule has 0 saturated carbocycles. The standard InChI is InChI=1S/C10H15N3O5/c1-5(17-3)6-4-7(11-18-6)13-9(15)8(14)12(2)10(13)16/h4-5,8-9,14-15H,1-3H3. The maximum atomic E-state index is 11.8. The lowest BCUT2D eigenvalue weighted by Gasteiger charge is -2.15. The second-order valence-corrected chi connectivity index (χ2v) is 4.06. The van der Waals surface area contributed by atoms with E-state index in [1.807, 2.05) is 0 Å². The van der Waals surface area contributed by atoms with Gasteiger partial charge in [0.2, 0.25) is 0 Å². The van der Waals surface area contributed by atoms with Crippen molar-refractivity contribution in [2.75, 3.05) is 19.1 Å². The molecule has 3 atom stereocenters. The van der Waals surface area contributed by atoms with Gasteiger partial charge in [0.05, 0.1) is 0 Å². The third kappa shape index (κ3) is 1.84. The van der Waals surface area contributed by atoms with E-state index in [4.69, 9.17) is 9.26 Å². The van der Waals surface area contributed by atoms with Crippen LogP contribution in [0.1, 0.15) is 18.8 Å². The van der Waals surface area contributed by atoms with E-state index in [0.29, 0.717) is 5.76 Å². The number of hydrogen-bond donors (Lipinski definition) is 2. The predicted molar refractivity (Wildman–Crippen MR) is 59.6 cm³/mol. The van der Waals surface area contributed by atoms with Crippen molar-refractivity contribution >= 4 is 11.8 Å². The van der Waals surface area contributed by atoms with Crippen LogP contribution in [0.2, 0.25) is 0 Å². The fraction of sp³-hybridized carbons (Fsp3) is 0.600. The van der Waals surface area contributed by atoms with E-state index in [-0.39, 0.29) is 11.9 Å². The minimum absolute atomic E-state index is 0.134. The van der Waals surface area contributed by atoms with E-state index in [1.54, 1.807) is 6.92 Å². The summed E-state index contributed by atoms with van der Waals surface area (Å²) in [4.78, 5) is 13.8. The van der Waals surface area contributed by atoms with Crippen LogP contribution >= 0.6 is 0 Å². The number of urea groups is 1. The van der Waals surface area contributed by atoms with Gasteiger partial charge in [0.25, 0.3) is 0 Å². The average Bonchev–Trinajstić information content (AvgIpc) is 2.90. The Morgan fingerprint density at radius 3 is 2.67 bits per heavy atom. The van der Waals surface area contributed by atoms with Crippen molar-refractivity contribution in [3.63, 3.8) is 0 Å². The molecule has 0 aliphatic carbocycles. The first-order valence-electron chi connectivity index (χ1n) is 5.39.